The van der Waals surface area contributed by atoms with Gasteiger partial charge in [-0.3, -0.25) is 4.79 Å². The number of aromatic nitrogens is 2. The van der Waals surface area contributed by atoms with Gasteiger partial charge in [0.15, 0.2) is 0 Å². The first-order chi connectivity index (χ1) is 7.26. The largest absolute Gasteiger partial charge is 0.366 e. The molecular formula is C10H18N4O. The topological polar surface area (TPSA) is 83.8 Å². The maximum atomic E-state index is 11.0. The number of hydrogen-bond acceptors (Lipinski definition) is 4. The van der Waals surface area contributed by atoms with Gasteiger partial charge < -0.3 is 16.0 Å². The first kappa shape index (κ1) is 11.7. The second kappa shape index (κ2) is 6.19. The van der Waals surface area contributed by atoms with Crippen molar-refractivity contribution >= 4 is 5.82 Å². The van der Waals surface area contributed by atoms with Crippen LogP contribution in [0, 0.1) is 0 Å². The second-order valence-electron chi connectivity index (χ2n) is 3.52. The first-order valence-electron chi connectivity index (χ1n) is 5.27. The summed E-state index contributed by atoms with van der Waals surface area (Å²) < 4.78 is 0. The van der Waals surface area contributed by atoms with Crippen LogP contribution in [0.4, 0.5) is 5.82 Å². The fraction of sp³-hybridized carbons (Fsp3) is 0.600. The molecule has 0 bridgehead atoms. The van der Waals surface area contributed by atoms with Gasteiger partial charge in [-0.2, -0.15) is 0 Å². The van der Waals surface area contributed by atoms with E-state index in [2.05, 4.69) is 22.2 Å². The normalized spacial score (nSPS) is 12.4. The predicted molar refractivity (Wildman–Crippen MR) is 60.8 cm³/mol. The minimum atomic E-state index is -0.154. The van der Waals surface area contributed by atoms with Crippen LogP contribution in [0.25, 0.3) is 0 Å². The summed E-state index contributed by atoms with van der Waals surface area (Å²) in [4.78, 5) is 17.5. The molecule has 5 nitrogen and oxygen atoms in total. The lowest BCUT2D eigenvalue weighted by atomic mass is 10.1. The van der Waals surface area contributed by atoms with Crippen molar-refractivity contribution in [3.63, 3.8) is 0 Å². The van der Waals surface area contributed by atoms with Crippen molar-refractivity contribution in [1.29, 1.82) is 0 Å². The average Bonchev–Trinajstić information content (AvgIpc) is 2.24. The van der Waals surface area contributed by atoms with Gasteiger partial charge in [-0.15, -0.1) is 0 Å². The molecule has 0 aromatic carbocycles. The molecule has 1 aromatic rings. The third-order valence-corrected chi connectivity index (χ3v) is 2.22. The van der Waals surface area contributed by atoms with Crippen molar-refractivity contribution in [3.8, 4) is 0 Å². The molecule has 0 aliphatic rings. The van der Waals surface area contributed by atoms with Crippen molar-refractivity contribution in [1.82, 2.24) is 9.97 Å². The molecule has 4 N–H and O–H groups in total. The monoisotopic (exact) mass is 210 g/mol. The molecule has 0 aliphatic heterocycles. The van der Waals surface area contributed by atoms with Crippen LogP contribution >= 0.6 is 0 Å². The molecule has 0 radical (unpaired) electrons. The highest BCUT2D eigenvalue weighted by molar-refractivity contribution is 5.33. The maximum absolute atomic E-state index is 11.0. The van der Waals surface area contributed by atoms with Gasteiger partial charge in [0.2, 0.25) is 0 Å². The van der Waals surface area contributed by atoms with Gasteiger partial charge in [0.05, 0.1) is 6.33 Å². The van der Waals surface area contributed by atoms with E-state index < -0.39 is 0 Å². The van der Waals surface area contributed by atoms with Crippen molar-refractivity contribution in [3.05, 3.63) is 22.7 Å². The number of unbranched alkanes of at least 4 members (excludes halogenated alkanes) is 1. The molecule has 1 rings (SSSR count). The summed E-state index contributed by atoms with van der Waals surface area (Å²) in [6, 6.07) is 1.63. The van der Waals surface area contributed by atoms with Gasteiger partial charge >= 0.3 is 0 Å². The lowest BCUT2D eigenvalue weighted by molar-refractivity contribution is 0.612. The van der Waals surface area contributed by atoms with Gasteiger partial charge in [0.1, 0.15) is 5.82 Å². The van der Waals surface area contributed by atoms with Crippen molar-refractivity contribution in [2.45, 2.75) is 32.2 Å². The smallest absolute Gasteiger partial charge is 0.252 e. The molecule has 1 atom stereocenters. The molecule has 0 saturated heterocycles. The Morgan fingerprint density at radius 1 is 1.67 bits per heavy atom. The molecule has 0 spiro atoms. The Kier molecular flexibility index (Phi) is 4.83. The summed E-state index contributed by atoms with van der Waals surface area (Å²) in [5.74, 6) is 0.588. The van der Waals surface area contributed by atoms with Crippen LogP contribution < -0.4 is 16.6 Å². The van der Waals surface area contributed by atoms with E-state index in [9.17, 15) is 4.79 Å². The molecule has 15 heavy (non-hydrogen) atoms. The highest BCUT2D eigenvalue weighted by atomic mass is 16.1. The van der Waals surface area contributed by atoms with E-state index in [0.717, 1.165) is 19.3 Å². The number of aromatic amines is 1. The highest BCUT2D eigenvalue weighted by Crippen LogP contribution is 2.05. The Hall–Kier alpha value is -1.36. The summed E-state index contributed by atoms with van der Waals surface area (Å²) in [7, 11) is 0. The fourth-order valence-corrected chi connectivity index (χ4v) is 1.36. The Bertz CT molecular complexity index is 336. The SMILES string of the molecule is CCCCC(CN)Nc1cc(=O)[nH]cn1. The standard InChI is InChI=1S/C10H18N4O/c1-2-3-4-8(6-11)14-9-5-10(15)13-7-12-9/h5,7-8H,2-4,6,11H2,1H3,(H2,12,13,14,15). The number of hydrogen-bond donors (Lipinski definition) is 3. The molecule has 1 unspecified atom stereocenters. The van der Waals surface area contributed by atoms with Gasteiger partial charge in [-0.25, -0.2) is 4.98 Å². The Morgan fingerprint density at radius 2 is 2.47 bits per heavy atom. The van der Waals surface area contributed by atoms with Gasteiger partial charge in [0, 0.05) is 18.7 Å². The molecule has 0 saturated carbocycles. The fourth-order valence-electron chi connectivity index (χ4n) is 1.36. The molecule has 1 heterocycles. The molecule has 84 valence electrons. The summed E-state index contributed by atoms with van der Waals surface area (Å²) in [6.07, 6.45) is 4.65. The predicted octanol–water partition coefficient (Wildman–Crippen LogP) is 0.699. The number of anilines is 1. The second-order valence-corrected chi connectivity index (χ2v) is 3.52. The molecule has 0 aliphatic carbocycles. The molecule has 0 amide bonds. The number of H-pyrrole nitrogens is 1. The van der Waals surface area contributed by atoms with Crippen molar-refractivity contribution in [2.24, 2.45) is 5.73 Å². The van der Waals surface area contributed by atoms with E-state index in [0.29, 0.717) is 12.4 Å². The van der Waals surface area contributed by atoms with Crippen LogP contribution in [0.3, 0.4) is 0 Å². The number of nitrogens with two attached hydrogens (primary N) is 1. The lowest BCUT2D eigenvalue weighted by Gasteiger charge is -2.16. The van der Waals surface area contributed by atoms with Gasteiger partial charge in [-0.05, 0) is 6.42 Å². The molecule has 5 heteroatoms. The van der Waals surface area contributed by atoms with Crippen LogP contribution in [-0.2, 0) is 0 Å². The van der Waals surface area contributed by atoms with Crippen LogP contribution in [0.1, 0.15) is 26.2 Å². The number of nitrogens with zero attached hydrogens (tertiary/aromatic N) is 1. The summed E-state index contributed by atoms with van der Waals surface area (Å²) in [6.45, 7) is 2.69. The van der Waals surface area contributed by atoms with Crippen LogP contribution in [0.5, 0.6) is 0 Å². The molecule has 1 aromatic heterocycles. The summed E-state index contributed by atoms with van der Waals surface area (Å²) in [5, 5.41) is 3.15. The van der Waals surface area contributed by atoms with Crippen LogP contribution in [-0.4, -0.2) is 22.6 Å². The number of nitrogens with one attached hydrogen (secondary N) is 2. The molecule has 0 fully saturated rings. The minimum Gasteiger partial charge on any atom is -0.366 e. The Balaban J connectivity index is 2.54. The maximum Gasteiger partial charge on any atom is 0.252 e. The van der Waals surface area contributed by atoms with E-state index in [1.165, 1.54) is 12.4 Å². The van der Waals surface area contributed by atoms with E-state index in [1.54, 1.807) is 0 Å². The van der Waals surface area contributed by atoms with E-state index in [4.69, 9.17) is 5.73 Å². The summed E-state index contributed by atoms with van der Waals surface area (Å²) >= 11 is 0. The zero-order chi connectivity index (χ0) is 11.1. The van der Waals surface area contributed by atoms with Crippen molar-refractivity contribution < 1.29 is 0 Å². The Morgan fingerprint density at radius 3 is 3.07 bits per heavy atom. The van der Waals surface area contributed by atoms with Gasteiger partial charge in [-0.1, -0.05) is 19.8 Å². The van der Waals surface area contributed by atoms with Crippen molar-refractivity contribution in [2.75, 3.05) is 11.9 Å². The summed E-state index contributed by atoms with van der Waals surface area (Å²) in [5.41, 5.74) is 5.47. The zero-order valence-corrected chi connectivity index (χ0v) is 8.99. The number of rotatable bonds is 6. The zero-order valence-electron chi connectivity index (χ0n) is 8.99. The van der Waals surface area contributed by atoms with E-state index in [-0.39, 0.29) is 11.6 Å². The highest BCUT2D eigenvalue weighted by Gasteiger charge is 2.06. The van der Waals surface area contributed by atoms with E-state index in [1.807, 2.05) is 0 Å². The Labute approximate surface area is 89.1 Å². The third kappa shape index (κ3) is 4.12. The minimum absolute atomic E-state index is 0.154. The average molecular weight is 210 g/mol. The molecular weight excluding hydrogens is 192 g/mol. The first-order valence-corrected chi connectivity index (χ1v) is 5.27. The lowest BCUT2D eigenvalue weighted by Crippen LogP contribution is -2.29. The van der Waals surface area contributed by atoms with Crippen LogP contribution in [0.2, 0.25) is 0 Å². The van der Waals surface area contributed by atoms with E-state index >= 15 is 0 Å². The van der Waals surface area contributed by atoms with Gasteiger partial charge in [0.25, 0.3) is 5.56 Å². The quantitative estimate of drug-likeness (QED) is 0.645. The third-order valence-electron chi connectivity index (χ3n) is 2.22. The van der Waals surface area contributed by atoms with Crippen LogP contribution in [0.15, 0.2) is 17.2 Å².